The third kappa shape index (κ3) is 7.82. The number of hydrogen-bond donors (Lipinski definition) is 0. The lowest BCUT2D eigenvalue weighted by Gasteiger charge is -2.31. The van der Waals surface area contributed by atoms with Crippen molar-refractivity contribution < 1.29 is 19.1 Å². The van der Waals surface area contributed by atoms with Crippen LogP contribution in [0, 0.1) is 15.4 Å². The van der Waals surface area contributed by atoms with Gasteiger partial charge in [0.05, 0.1) is 29.6 Å². The number of piperidine rings is 2. The second-order valence-electron chi connectivity index (χ2n) is 8.33. The molecule has 11 heteroatoms. The summed E-state index contributed by atoms with van der Waals surface area (Å²) in [6, 6.07) is 9.50. The van der Waals surface area contributed by atoms with E-state index in [0.29, 0.717) is 10.3 Å². The predicted molar refractivity (Wildman–Crippen MR) is 145 cm³/mol. The summed E-state index contributed by atoms with van der Waals surface area (Å²) in [5.74, 6) is 1.58. The molecule has 4 heterocycles. The molecule has 4 rings (SSSR count). The van der Waals surface area contributed by atoms with E-state index in [2.05, 4.69) is 42.4 Å². The minimum atomic E-state index is -0.108. The maximum absolute atomic E-state index is 11.4. The Morgan fingerprint density at radius 3 is 1.74 bits per heavy atom. The summed E-state index contributed by atoms with van der Waals surface area (Å²) in [6.07, 6.45) is 3.22. The molecule has 2 saturated heterocycles. The molecule has 190 valence electrons. The minimum absolute atomic E-state index is 0.0190. The van der Waals surface area contributed by atoms with Gasteiger partial charge in [0.1, 0.15) is 21.9 Å². The Bertz CT molecular complexity index is 1010. The van der Waals surface area contributed by atoms with Crippen LogP contribution in [-0.2, 0) is 19.1 Å². The molecular weight excluding hydrogens is 606 g/mol. The molecule has 35 heavy (non-hydrogen) atoms. The van der Waals surface area contributed by atoms with Gasteiger partial charge in [0.15, 0.2) is 0 Å². The van der Waals surface area contributed by atoms with Crippen LogP contribution >= 0.6 is 45.8 Å². The molecule has 2 fully saturated rings. The number of carbonyl (C=O) groups excluding carboxylic acids is 2. The normalized spacial score (nSPS) is 16.8. The molecule has 0 N–H and O–H groups in total. The smallest absolute Gasteiger partial charge is 0.308 e. The first-order chi connectivity index (χ1) is 16.8. The van der Waals surface area contributed by atoms with Gasteiger partial charge >= 0.3 is 11.9 Å². The second kappa shape index (κ2) is 13.5. The SMILES string of the molecule is COC(=O)C1CCN(c2ccc(I)c(Cl)n2)CC1.COC(=O)C1CCN(c2cccc(Cl)n2)CC1. The van der Waals surface area contributed by atoms with Crippen molar-refractivity contribution in [3.63, 3.8) is 0 Å². The number of methoxy groups -OCH3 is 2. The highest BCUT2D eigenvalue weighted by molar-refractivity contribution is 14.1. The quantitative estimate of drug-likeness (QED) is 0.268. The fraction of sp³-hybridized carbons (Fsp3) is 0.500. The third-order valence-electron chi connectivity index (χ3n) is 6.20. The van der Waals surface area contributed by atoms with Crippen molar-refractivity contribution >= 4 is 69.4 Å². The van der Waals surface area contributed by atoms with Gasteiger partial charge in [-0.05, 0) is 72.5 Å². The van der Waals surface area contributed by atoms with Crippen LogP contribution in [0.2, 0.25) is 10.3 Å². The molecule has 0 amide bonds. The van der Waals surface area contributed by atoms with Gasteiger partial charge in [-0.2, -0.15) is 0 Å². The molecule has 0 bridgehead atoms. The molecule has 2 aliphatic heterocycles. The van der Waals surface area contributed by atoms with Crippen LogP contribution in [0.25, 0.3) is 0 Å². The maximum atomic E-state index is 11.4. The Balaban J connectivity index is 0.000000196. The Morgan fingerprint density at radius 1 is 0.829 bits per heavy atom. The van der Waals surface area contributed by atoms with E-state index in [1.54, 1.807) is 6.07 Å². The number of carbonyl (C=O) groups is 2. The number of rotatable bonds is 4. The summed E-state index contributed by atoms with van der Waals surface area (Å²) in [7, 11) is 2.88. The molecule has 2 aromatic rings. The Hall–Kier alpha value is -1.85. The molecule has 0 spiro atoms. The topological polar surface area (TPSA) is 84.9 Å². The minimum Gasteiger partial charge on any atom is -0.469 e. The summed E-state index contributed by atoms with van der Waals surface area (Å²) in [5, 5.41) is 1.03. The first-order valence-corrected chi connectivity index (χ1v) is 13.3. The van der Waals surface area contributed by atoms with Crippen molar-refractivity contribution in [2.45, 2.75) is 25.7 Å². The number of ether oxygens (including phenoxy) is 2. The van der Waals surface area contributed by atoms with Crippen LogP contribution in [0.4, 0.5) is 11.6 Å². The molecule has 0 unspecified atom stereocenters. The van der Waals surface area contributed by atoms with Gasteiger partial charge in [-0.3, -0.25) is 9.59 Å². The summed E-state index contributed by atoms with van der Waals surface area (Å²) < 4.78 is 10.5. The van der Waals surface area contributed by atoms with E-state index in [1.807, 2.05) is 24.3 Å². The van der Waals surface area contributed by atoms with Crippen molar-refractivity contribution in [3.8, 4) is 0 Å². The van der Waals surface area contributed by atoms with E-state index in [-0.39, 0.29) is 23.8 Å². The molecule has 2 aromatic heterocycles. The van der Waals surface area contributed by atoms with Crippen LogP contribution in [0.15, 0.2) is 30.3 Å². The van der Waals surface area contributed by atoms with Gasteiger partial charge in [0, 0.05) is 26.2 Å². The predicted octanol–water partition coefficient (Wildman–Crippen LogP) is 4.85. The highest BCUT2D eigenvalue weighted by Gasteiger charge is 2.27. The molecule has 0 atom stereocenters. The average Bonchev–Trinajstić information content (AvgIpc) is 2.90. The Kier molecular flexibility index (Phi) is 10.7. The van der Waals surface area contributed by atoms with Gasteiger partial charge in [-0.25, -0.2) is 9.97 Å². The zero-order chi connectivity index (χ0) is 25.4. The van der Waals surface area contributed by atoms with E-state index in [0.717, 1.165) is 67.1 Å². The molecule has 0 aliphatic carbocycles. The highest BCUT2D eigenvalue weighted by Crippen LogP contribution is 2.26. The van der Waals surface area contributed by atoms with Crippen LogP contribution in [0.3, 0.4) is 0 Å². The lowest BCUT2D eigenvalue weighted by Crippen LogP contribution is -2.37. The monoisotopic (exact) mass is 634 g/mol. The molecule has 0 aromatic carbocycles. The number of hydrogen-bond acceptors (Lipinski definition) is 8. The van der Waals surface area contributed by atoms with Crippen molar-refractivity contribution in [1.29, 1.82) is 0 Å². The number of esters is 2. The first kappa shape index (κ1) is 27.7. The number of anilines is 2. The first-order valence-electron chi connectivity index (χ1n) is 11.4. The fourth-order valence-corrected chi connectivity index (χ4v) is 4.79. The van der Waals surface area contributed by atoms with E-state index >= 15 is 0 Å². The van der Waals surface area contributed by atoms with Gasteiger partial charge < -0.3 is 19.3 Å². The van der Waals surface area contributed by atoms with Crippen LogP contribution < -0.4 is 9.80 Å². The standard InChI is InChI=1S/C12H14ClIN2O2.C12H15ClN2O2/c1-18-12(17)8-4-6-16(7-5-8)10-3-2-9(14)11(13)15-10;1-17-12(16)9-5-7-15(8-6-9)11-4-2-3-10(13)14-11/h2-3,8H,4-7H2,1H3;2-4,9H,5-8H2,1H3. The lowest BCUT2D eigenvalue weighted by atomic mass is 9.97. The number of halogens is 3. The summed E-state index contributed by atoms with van der Waals surface area (Å²) in [5.41, 5.74) is 0. The summed E-state index contributed by atoms with van der Waals surface area (Å²) in [4.78, 5) is 35.7. The molecule has 2 aliphatic rings. The lowest BCUT2D eigenvalue weighted by molar-refractivity contribution is -0.146. The van der Waals surface area contributed by atoms with Crippen molar-refractivity contribution in [2.75, 3.05) is 50.2 Å². The average molecular weight is 635 g/mol. The van der Waals surface area contributed by atoms with Gasteiger partial charge in [-0.15, -0.1) is 0 Å². The van der Waals surface area contributed by atoms with Crippen LogP contribution in [0.5, 0.6) is 0 Å². The molecular formula is C24H29Cl2IN4O4. The molecule has 0 radical (unpaired) electrons. The largest absolute Gasteiger partial charge is 0.469 e. The fourth-order valence-electron chi connectivity index (χ4n) is 4.18. The zero-order valence-electron chi connectivity index (χ0n) is 19.8. The Morgan fingerprint density at radius 2 is 1.31 bits per heavy atom. The summed E-state index contributed by atoms with van der Waals surface area (Å²) in [6.45, 7) is 3.24. The van der Waals surface area contributed by atoms with E-state index in [4.69, 9.17) is 32.7 Å². The summed E-state index contributed by atoms with van der Waals surface area (Å²) >= 11 is 14.0. The number of nitrogens with zero attached hydrogens (tertiary/aromatic N) is 4. The van der Waals surface area contributed by atoms with Gasteiger partial charge in [-0.1, -0.05) is 29.3 Å². The Labute approximate surface area is 229 Å². The zero-order valence-corrected chi connectivity index (χ0v) is 23.4. The molecule has 8 nitrogen and oxygen atoms in total. The van der Waals surface area contributed by atoms with Crippen molar-refractivity contribution in [2.24, 2.45) is 11.8 Å². The van der Waals surface area contributed by atoms with Crippen LogP contribution in [-0.4, -0.2) is 62.3 Å². The van der Waals surface area contributed by atoms with Crippen LogP contribution in [0.1, 0.15) is 25.7 Å². The van der Waals surface area contributed by atoms with E-state index in [9.17, 15) is 9.59 Å². The third-order valence-corrected chi connectivity index (χ3v) is 7.88. The number of pyridine rings is 2. The molecule has 0 saturated carbocycles. The highest BCUT2D eigenvalue weighted by atomic mass is 127. The van der Waals surface area contributed by atoms with Gasteiger partial charge in [0.2, 0.25) is 0 Å². The maximum Gasteiger partial charge on any atom is 0.308 e. The van der Waals surface area contributed by atoms with Crippen molar-refractivity contribution in [1.82, 2.24) is 9.97 Å². The van der Waals surface area contributed by atoms with E-state index in [1.165, 1.54) is 14.2 Å². The van der Waals surface area contributed by atoms with Crippen molar-refractivity contribution in [3.05, 3.63) is 44.2 Å². The second-order valence-corrected chi connectivity index (χ2v) is 10.2. The number of aromatic nitrogens is 2. The van der Waals surface area contributed by atoms with E-state index < -0.39 is 0 Å². The van der Waals surface area contributed by atoms with Gasteiger partial charge in [0.25, 0.3) is 0 Å².